The Labute approximate surface area is 99.8 Å². The Morgan fingerprint density at radius 1 is 1.47 bits per heavy atom. The molecule has 4 nitrogen and oxygen atoms in total. The van der Waals surface area contributed by atoms with Gasteiger partial charge in [-0.2, -0.15) is 0 Å². The molecule has 0 saturated heterocycles. The van der Waals surface area contributed by atoms with Crippen molar-refractivity contribution in [1.82, 2.24) is 4.98 Å². The van der Waals surface area contributed by atoms with Crippen LogP contribution in [0.15, 0.2) is 36.7 Å². The van der Waals surface area contributed by atoms with E-state index in [0.29, 0.717) is 6.54 Å². The zero-order chi connectivity index (χ0) is 12.3. The summed E-state index contributed by atoms with van der Waals surface area (Å²) in [6, 6.07) is 7.67. The van der Waals surface area contributed by atoms with Gasteiger partial charge in [0.25, 0.3) is 0 Å². The van der Waals surface area contributed by atoms with E-state index in [0.717, 1.165) is 16.5 Å². The topological polar surface area (TPSA) is 68.0 Å². The summed E-state index contributed by atoms with van der Waals surface area (Å²) >= 11 is 0. The Morgan fingerprint density at radius 2 is 2.29 bits per heavy atom. The maximum Gasteiger partial charge on any atom is 0.228 e. The fourth-order valence-corrected chi connectivity index (χ4v) is 1.59. The molecule has 0 aliphatic heterocycles. The molecule has 1 heterocycles. The van der Waals surface area contributed by atoms with Gasteiger partial charge in [-0.25, -0.2) is 0 Å². The van der Waals surface area contributed by atoms with Gasteiger partial charge < -0.3 is 11.1 Å². The van der Waals surface area contributed by atoms with Crippen molar-refractivity contribution >= 4 is 22.4 Å². The zero-order valence-corrected chi connectivity index (χ0v) is 9.68. The molecule has 88 valence electrons. The normalized spacial score (nSPS) is 12.4. The number of aromatic nitrogens is 1. The third-order valence-electron chi connectivity index (χ3n) is 2.74. The first-order valence-electron chi connectivity index (χ1n) is 5.56. The van der Waals surface area contributed by atoms with Gasteiger partial charge >= 0.3 is 0 Å². The molecule has 0 aliphatic rings. The molecule has 0 saturated carbocycles. The first-order chi connectivity index (χ1) is 8.22. The molecular formula is C13H15N3O. The summed E-state index contributed by atoms with van der Waals surface area (Å²) in [5.74, 6) is -0.259. The van der Waals surface area contributed by atoms with Gasteiger partial charge in [0.1, 0.15) is 0 Å². The standard InChI is InChI=1S/C13H15N3O/c1-9(7-14)13(17)16-12-4-2-3-10-5-6-15-8-11(10)12/h2-6,8-9H,7,14H2,1H3,(H,16,17). The van der Waals surface area contributed by atoms with Crippen molar-refractivity contribution in [2.75, 3.05) is 11.9 Å². The summed E-state index contributed by atoms with van der Waals surface area (Å²) in [7, 11) is 0. The van der Waals surface area contributed by atoms with Crippen molar-refractivity contribution in [3.63, 3.8) is 0 Å². The van der Waals surface area contributed by atoms with Gasteiger partial charge in [-0.05, 0) is 17.5 Å². The number of anilines is 1. The molecule has 1 aromatic carbocycles. The quantitative estimate of drug-likeness (QED) is 0.842. The summed E-state index contributed by atoms with van der Waals surface area (Å²) in [5.41, 5.74) is 6.24. The highest BCUT2D eigenvalue weighted by molar-refractivity contribution is 6.02. The fourth-order valence-electron chi connectivity index (χ4n) is 1.59. The first kappa shape index (κ1) is 11.5. The van der Waals surface area contributed by atoms with E-state index in [-0.39, 0.29) is 11.8 Å². The molecule has 3 N–H and O–H groups in total. The van der Waals surface area contributed by atoms with Gasteiger partial charge in [-0.1, -0.05) is 19.1 Å². The lowest BCUT2D eigenvalue weighted by molar-refractivity contribution is -0.119. The monoisotopic (exact) mass is 229 g/mol. The number of carbonyl (C=O) groups is 1. The minimum atomic E-state index is -0.193. The molecule has 2 aromatic rings. The van der Waals surface area contributed by atoms with Gasteiger partial charge in [-0.3, -0.25) is 9.78 Å². The number of benzene rings is 1. The van der Waals surface area contributed by atoms with Crippen molar-refractivity contribution in [2.45, 2.75) is 6.92 Å². The van der Waals surface area contributed by atoms with Crippen LogP contribution >= 0.6 is 0 Å². The average molecular weight is 229 g/mol. The lowest BCUT2D eigenvalue weighted by Gasteiger charge is -2.11. The molecule has 1 atom stereocenters. The van der Waals surface area contributed by atoms with Crippen molar-refractivity contribution in [1.29, 1.82) is 0 Å². The van der Waals surface area contributed by atoms with E-state index in [4.69, 9.17) is 5.73 Å². The van der Waals surface area contributed by atoms with Crippen LogP contribution in [-0.2, 0) is 4.79 Å². The Hall–Kier alpha value is -1.94. The van der Waals surface area contributed by atoms with Gasteiger partial charge in [0, 0.05) is 30.2 Å². The van der Waals surface area contributed by atoms with Crippen LogP contribution in [0.25, 0.3) is 10.8 Å². The number of nitrogens with one attached hydrogen (secondary N) is 1. The molecular weight excluding hydrogens is 214 g/mol. The molecule has 1 amide bonds. The van der Waals surface area contributed by atoms with Crippen molar-refractivity contribution < 1.29 is 4.79 Å². The molecule has 0 aliphatic carbocycles. The van der Waals surface area contributed by atoms with Gasteiger partial charge in [-0.15, -0.1) is 0 Å². The maximum absolute atomic E-state index is 11.8. The summed E-state index contributed by atoms with van der Waals surface area (Å²) < 4.78 is 0. The van der Waals surface area contributed by atoms with E-state index in [2.05, 4.69) is 10.3 Å². The van der Waals surface area contributed by atoms with Crippen LogP contribution in [0.1, 0.15) is 6.92 Å². The Bertz CT molecular complexity index is 534. The third-order valence-corrected chi connectivity index (χ3v) is 2.74. The molecule has 2 rings (SSSR count). The second-order valence-electron chi connectivity index (χ2n) is 4.03. The van der Waals surface area contributed by atoms with Crippen molar-refractivity contribution in [3.8, 4) is 0 Å². The highest BCUT2D eigenvalue weighted by atomic mass is 16.1. The molecule has 17 heavy (non-hydrogen) atoms. The molecule has 4 heteroatoms. The van der Waals surface area contributed by atoms with Crippen LogP contribution in [-0.4, -0.2) is 17.4 Å². The minimum Gasteiger partial charge on any atom is -0.330 e. The molecule has 0 radical (unpaired) electrons. The highest BCUT2D eigenvalue weighted by Crippen LogP contribution is 2.22. The molecule has 0 fully saturated rings. The minimum absolute atomic E-state index is 0.0659. The summed E-state index contributed by atoms with van der Waals surface area (Å²) in [6.45, 7) is 2.15. The summed E-state index contributed by atoms with van der Waals surface area (Å²) in [4.78, 5) is 15.8. The average Bonchev–Trinajstić information content (AvgIpc) is 2.38. The first-order valence-corrected chi connectivity index (χ1v) is 5.56. The maximum atomic E-state index is 11.8. The third kappa shape index (κ3) is 2.42. The van der Waals surface area contributed by atoms with E-state index in [1.54, 1.807) is 19.3 Å². The van der Waals surface area contributed by atoms with E-state index in [9.17, 15) is 4.79 Å². The van der Waals surface area contributed by atoms with E-state index in [1.165, 1.54) is 0 Å². The molecule has 1 aromatic heterocycles. The SMILES string of the molecule is CC(CN)C(=O)Nc1cccc2ccncc12. The lowest BCUT2D eigenvalue weighted by atomic mass is 10.1. The second kappa shape index (κ2) is 4.93. The lowest BCUT2D eigenvalue weighted by Crippen LogP contribution is -2.26. The predicted octanol–water partition coefficient (Wildman–Crippen LogP) is 1.77. The number of nitrogens with two attached hydrogens (primary N) is 1. The molecule has 0 spiro atoms. The number of fused-ring (bicyclic) bond motifs is 1. The van der Waals surface area contributed by atoms with Crippen molar-refractivity contribution in [2.24, 2.45) is 11.7 Å². The number of hydrogen-bond acceptors (Lipinski definition) is 3. The van der Waals surface area contributed by atoms with Crippen molar-refractivity contribution in [3.05, 3.63) is 36.7 Å². The number of pyridine rings is 1. The Morgan fingerprint density at radius 3 is 3.06 bits per heavy atom. The van der Waals surface area contributed by atoms with E-state index < -0.39 is 0 Å². The summed E-state index contributed by atoms with van der Waals surface area (Å²) in [5, 5.41) is 4.87. The predicted molar refractivity (Wildman–Crippen MR) is 68.6 cm³/mol. The van der Waals surface area contributed by atoms with Gasteiger partial charge in [0.2, 0.25) is 5.91 Å². The van der Waals surface area contributed by atoms with Crippen LogP contribution < -0.4 is 11.1 Å². The smallest absolute Gasteiger partial charge is 0.228 e. The van der Waals surface area contributed by atoms with Gasteiger partial charge in [0.05, 0.1) is 5.69 Å². The number of amides is 1. The van der Waals surface area contributed by atoms with E-state index in [1.807, 2.05) is 24.3 Å². The number of nitrogens with zero attached hydrogens (tertiary/aromatic N) is 1. The largest absolute Gasteiger partial charge is 0.330 e. The van der Waals surface area contributed by atoms with Gasteiger partial charge in [0.15, 0.2) is 0 Å². The molecule has 1 unspecified atom stereocenters. The van der Waals surface area contributed by atoms with Crippen LogP contribution in [0.3, 0.4) is 0 Å². The number of rotatable bonds is 3. The second-order valence-corrected chi connectivity index (χ2v) is 4.03. The summed E-state index contributed by atoms with van der Waals surface area (Å²) in [6.07, 6.45) is 3.48. The highest BCUT2D eigenvalue weighted by Gasteiger charge is 2.11. The van der Waals surface area contributed by atoms with Crippen LogP contribution in [0, 0.1) is 5.92 Å². The Kier molecular flexibility index (Phi) is 3.35. The number of carbonyl (C=O) groups excluding carboxylic acids is 1. The number of hydrogen-bond donors (Lipinski definition) is 2. The fraction of sp³-hybridized carbons (Fsp3) is 0.231. The Balaban J connectivity index is 2.33. The molecule has 0 bridgehead atoms. The zero-order valence-electron chi connectivity index (χ0n) is 9.68. The van der Waals surface area contributed by atoms with Crippen LogP contribution in [0.5, 0.6) is 0 Å². The van der Waals surface area contributed by atoms with E-state index >= 15 is 0 Å². The van der Waals surface area contributed by atoms with Crippen LogP contribution in [0.2, 0.25) is 0 Å². The van der Waals surface area contributed by atoms with Crippen LogP contribution in [0.4, 0.5) is 5.69 Å².